The molecular weight excluding hydrogens is 368 g/mol. The molecule has 7 heteroatoms. The molecule has 0 aliphatic carbocycles. The van der Waals surface area contributed by atoms with E-state index in [-0.39, 0.29) is 12.0 Å². The van der Waals surface area contributed by atoms with Crippen LogP contribution in [0, 0.1) is 0 Å². The number of carbonyl (C=O) groups excluding carboxylic acids is 1. The van der Waals surface area contributed by atoms with Gasteiger partial charge in [0.05, 0.1) is 0 Å². The highest BCUT2D eigenvalue weighted by molar-refractivity contribution is 5.76. The second kappa shape index (κ2) is 9.24. The third-order valence-electron chi connectivity index (χ3n) is 5.45. The fraction of sp³-hybridized carbons (Fsp3) is 0.455. The monoisotopic (exact) mass is 396 g/mol. The summed E-state index contributed by atoms with van der Waals surface area (Å²) in [4.78, 5) is 20.7. The molecule has 2 aliphatic rings. The van der Waals surface area contributed by atoms with Crippen LogP contribution in [0.4, 0.5) is 0 Å². The molecule has 1 saturated heterocycles. The fourth-order valence-corrected chi connectivity index (χ4v) is 3.71. The lowest BCUT2D eigenvalue weighted by Gasteiger charge is -2.35. The van der Waals surface area contributed by atoms with Crippen LogP contribution in [0.3, 0.4) is 0 Å². The van der Waals surface area contributed by atoms with Crippen LogP contribution >= 0.6 is 0 Å². The molecule has 29 heavy (non-hydrogen) atoms. The van der Waals surface area contributed by atoms with Crippen LogP contribution in [-0.4, -0.2) is 67.1 Å². The van der Waals surface area contributed by atoms with E-state index in [1.165, 1.54) is 5.56 Å². The maximum Gasteiger partial charge on any atom is 0.257 e. The van der Waals surface area contributed by atoms with Gasteiger partial charge in [0.1, 0.15) is 6.61 Å². The van der Waals surface area contributed by atoms with Crippen LogP contribution < -0.4 is 14.8 Å². The average Bonchev–Trinajstić information content (AvgIpc) is 2.78. The maximum atomic E-state index is 12.1. The van der Waals surface area contributed by atoms with E-state index in [9.17, 15) is 4.79 Å². The smallest absolute Gasteiger partial charge is 0.257 e. The van der Waals surface area contributed by atoms with Gasteiger partial charge in [-0.1, -0.05) is 24.3 Å². The molecule has 154 valence electrons. The Balaban J connectivity index is 1.28. The first-order chi connectivity index (χ1) is 14.2. The second-order valence-corrected chi connectivity index (χ2v) is 7.48. The summed E-state index contributed by atoms with van der Waals surface area (Å²) in [6.45, 7) is 5.56. The molecule has 0 spiro atoms. The zero-order valence-electron chi connectivity index (χ0n) is 16.8. The van der Waals surface area contributed by atoms with Crippen molar-refractivity contribution in [1.82, 2.24) is 20.1 Å². The van der Waals surface area contributed by atoms with Crippen LogP contribution in [0.1, 0.15) is 23.7 Å². The van der Waals surface area contributed by atoms with Gasteiger partial charge < -0.3 is 19.7 Å². The average molecular weight is 396 g/mol. The summed E-state index contributed by atoms with van der Waals surface area (Å²) in [7, 11) is 1.87. The number of nitrogens with zero attached hydrogens (tertiary/aromatic N) is 3. The summed E-state index contributed by atoms with van der Waals surface area (Å²) in [5.74, 6) is 1.49. The topological polar surface area (TPSA) is 66.9 Å². The lowest BCUT2D eigenvalue weighted by atomic mass is 10.1. The van der Waals surface area contributed by atoms with Crippen molar-refractivity contribution in [2.45, 2.75) is 19.1 Å². The fourth-order valence-electron chi connectivity index (χ4n) is 3.71. The first-order valence-corrected chi connectivity index (χ1v) is 10.2. The molecule has 2 aromatic rings. The molecule has 0 unspecified atom stereocenters. The SMILES string of the molecule is CNCCC(=O)N1CCN(Cc2ccc([C@H]3COc4cccnc4O3)cc2)CC1. The molecule has 1 N–H and O–H groups in total. The van der Waals surface area contributed by atoms with Gasteiger partial charge in [-0.3, -0.25) is 9.69 Å². The number of carbonyl (C=O) groups is 1. The molecule has 0 radical (unpaired) electrons. The van der Waals surface area contributed by atoms with Crippen molar-refractivity contribution in [2.24, 2.45) is 0 Å². The van der Waals surface area contributed by atoms with Crippen molar-refractivity contribution < 1.29 is 14.3 Å². The Labute approximate surface area is 171 Å². The van der Waals surface area contributed by atoms with E-state index in [1.54, 1.807) is 6.20 Å². The van der Waals surface area contributed by atoms with Gasteiger partial charge >= 0.3 is 0 Å². The van der Waals surface area contributed by atoms with Crippen molar-refractivity contribution in [2.75, 3.05) is 46.4 Å². The van der Waals surface area contributed by atoms with E-state index in [2.05, 4.69) is 39.5 Å². The highest BCUT2D eigenvalue weighted by Gasteiger charge is 2.24. The van der Waals surface area contributed by atoms with Crippen molar-refractivity contribution in [3.63, 3.8) is 0 Å². The predicted octanol–water partition coefficient (Wildman–Crippen LogP) is 1.85. The van der Waals surface area contributed by atoms with Gasteiger partial charge in [-0.2, -0.15) is 0 Å². The Morgan fingerprint density at radius 3 is 2.72 bits per heavy atom. The first kappa shape index (κ1) is 19.7. The predicted molar refractivity (Wildman–Crippen MR) is 110 cm³/mol. The Hall–Kier alpha value is -2.64. The number of nitrogens with one attached hydrogen (secondary N) is 1. The number of benzene rings is 1. The van der Waals surface area contributed by atoms with Gasteiger partial charge in [0.25, 0.3) is 5.88 Å². The first-order valence-electron chi connectivity index (χ1n) is 10.2. The van der Waals surface area contributed by atoms with Crippen molar-refractivity contribution in [1.29, 1.82) is 0 Å². The number of pyridine rings is 1. The zero-order valence-corrected chi connectivity index (χ0v) is 16.8. The minimum atomic E-state index is -0.140. The van der Waals surface area contributed by atoms with Gasteiger partial charge in [-0.25, -0.2) is 4.98 Å². The van der Waals surface area contributed by atoms with E-state index < -0.39 is 0 Å². The molecule has 3 heterocycles. The molecule has 2 aliphatic heterocycles. The lowest BCUT2D eigenvalue weighted by molar-refractivity contribution is -0.132. The molecule has 0 bridgehead atoms. The van der Waals surface area contributed by atoms with Gasteiger partial charge in [0.15, 0.2) is 11.9 Å². The van der Waals surface area contributed by atoms with E-state index in [1.807, 2.05) is 24.1 Å². The third-order valence-corrected chi connectivity index (χ3v) is 5.45. The molecule has 1 amide bonds. The molecule has 1 fully saturated rings. The Bertz CT molecular complexity index is 819. The summed E-state index contributed by atoms with van der Waals surface area (Å²) in [5, 5.41) is 3.03. The number of ether oxygens (including phenoxy) is 2. The van der Waals surface area contributed by atoms with Crippen LogP contribution in [0.2, 0.25) is 0 Å². The van der Waals surface area contributed by atoms with Crippen molar-refractivity contribution >= 4 is 5.91 Å². The van der Waals surface area contributed by atoms with Crippen LogP contribution in [-0.2, 0) is 11.3 Å². The molecule has 7 nitrogen and oxygen atoms in total. The standard InChI is InChI=1S/C22H28N4O3/c1-23-10-8-21(27)26-13-11-25(12-14-26)15-17-4-6-18(7-5-17)20-16-28-19-3-2-9-24-22(19)29-20/h2-7,9,20,23H,8,10-16H2,1H3/t20-/m1/s1. The van der Waals surface area contributed by atoms with Gasteiger partial charge in [-0.05, 0) is 30.3 Å². The summed E-state index contributed by atoms with van der Waals surface area (Å²) in [5.41, 5.74) is 2.35. The van der Waals surface area contributed by atoms with Gasteiger partial charge in [-0.15, -0.1) is 0 Å². The lowest BCUT2D eigenvalue weighted by Crippen LogP contribution is -2.48. The summed E-state index contributed by atoms with van der Waals surface area (Å²) in [6.07, 6.45) is 2.14. The number of amides is 1. The maximum absolute atomic E-state index is 12.1. The Morgan fingerprint density at radius 1 is 1.17 bits per heavy atom. The third kappa shape index (κ3) is 4.86. The molecular formula is C22H28N4O3. The number of hydrogen-bond acceptors (Lipinski definition) is 6. The molecule has 4 rings (SSSR count). The quantitative estimate of drug-likeness (QED) is 0.804. The number of fused-ring (bicyclic) bond motifs is 1. The van der Waals surface area contributed by atoms with Crippen LogP contribution in [0.15, 0.2) is 42.6 Å². The number of aromatic nitrogens is 1. The van der Waals surface area contributed by atoms with Crippen molar-refractivity contribution in [3.05, 3.63) is 53.7 Å². The Morgan fingerprint density at radius 2 is 1.97 bits per heavy atom. The van der Waals surface area contributed by atoms with E-state index >= 15 is 0 Å². The summed E-state index contributed by atoms with van der Waals surface area (Å²) >= 11 is 0. The van der Waals surface area contributed by atoms with E-state index in [4.69, 9.17) is 9.47 Å². The summed E-state index contributed by atoms with van der Waals surface area (Å²) in [6, 6.07) is 12.2. The van der Waals surface area contributed by atoms with Gasteiger partial charge in [0.2, 0.25) is 5.91 Å². The minimum absolute atomic E-state index is 0.140. The Kier molecular flexibility index (Phi) is 6.27. The number of piperazine rings is 1. The minimum Gasteiger partial charge on any atom is -0.484 e. The number of hydrogen-bond donors (Lipinski definition) is 1. The summed E-state index contributed by atoms with van der Waals surface area (Å²) < 4.78 is 11.7. The van der Waals surface area contributed by atoms with E-state index in [0.29, 0.717) is 24.7 Å². The van der Waals surface area contributed by atoms with Gasteiger partial charge in [0, 0.05) is 51.9 Å². The number of rotatable bonds is 6. The van der Waals surface area contributed by atoms with E-state index in [0.717, 1.165) is 44.8 Å². The highest BCUT2D eigenvalue weighted by atomic mass is 16.6. The van der Waals surface area contributed by atoms with Crippen LogP contribution in [0.5, 0.6) is 11.6 Å². The molecule has 1 aromatic carbocycles. The largest absolute Gasteiger partial charge is 0.484 e. The molecule has 1 aromatic heterocycles. The van der Waals surface area contributed by atoms with Crippen molar-refractivity contribution in [3.8, 4) is 11.6 Å². The zero-order chi connectivity index (χ0) is 20.1. The molecule has 0 saturated carbocycles. The second-order valence-electron chi connectivity index (χ2n) is 7.48. The normalized spacial score (nSPS) is 19.2. The highest BCUT2D eigenvalue weighted by Crippen LogP contribution is 2.33. The van der Waals surface area contributed by atoms with Crippen LogP contribution in [0.25, 0.3) is 0 Å². The molecule has 1 atom stereocenters.